The van der Waals surface area contributed by atoms with Crippen molar-refractivity contribution in [1.29, 1.82) is 0 Å². The van der Waals surface area contributed by atoms with Crippen LogP contribution in [0, 0.1) is 0 Å². The Morgan fingerprint density at radius 1 is 1.19 bits per heavy atom. The molecule has 1 fully saturated rings. The Morgan fingerprint density at radius 3 is 2.69 bits per heavy atom. The van der Waals surface area contributed by atoms with Crippen molar-refractivity contribution in [2.24, 2.45) is 0 Å². The van der Waals surface area contributed by atoms with Crippen LogP contribution in [0.2, 0.25) is 0 Å². The molecule has 0 bridgehead atoms. The number of hydrogen-bond acceptors (Lipinski definition) is 5. The van der Waals surface area contributed by atoms with E-state index in [4.69, 9.17) is 9.84 Å². The summed E-state index contributed by atoms with van der Waals surface area (Å²) in [7, 11) is 0. The molecule has 16 heavy (non-hydrogen) atoms. The Morgan fingerprint density at radius 2 is 2.00 bits per heavy atom. The highest BCUT2D eigenvalue weighted by molar-refractivity contribution is 5.56. The number of benzene rings is 1. The number of phenols is 3. The third-order valence-corrected chi connectivity index (χ3v) is 2.64. The zero-order valence-corrected chi connectivity index (χ0v) is 8.81. The fourth-order valence-corrected chi connectivity index (χ4v) is 1.75. The van der Waals surface area contributed by atoms with E-state index in [0.717, 1.165) is 25.9 Å². The third kappa shape index (κ3) is 2.14. The highest BCUT2D eigenvalue weighted by Crippen LogP contribution is 2.42. The second kappa shape index (κ2) is 4.49. The number of aromatic hydroxyl groups is 3. The normalized spacial score (nSPS) is 20.6. The number of hydrogen-bond donors (Lipinski definition) is 4. The lowest BCUT2D eigenvalue weighted by atomic mass is 10.1. The topological polar surface area (TPSA) is 82.0 Å². The van der Waals surface area contributed by atoms with Gasteiger partial charge in [0.1, 0.15) is 6.10 Å². The molecule has 1 aliphatic rings. The SMILES string of the molecule is Oc1ccc(OC2CCCNC2)c(O)c1O. The van der Waals surface area contributed by atoms with Gasteiger partial charge >= 0.3 is 0 Å². The number of nitrogens with one attached hydrogen (secondary N) is 1. The summed E-state index contributed by atoms with van der Waals surface area (Å²) in [4.78, 5) is 0. The molecule has 0 aliphatic carbocycles. The third-order valence-electron chi connectivity index (χ3n) is 2.64. The Balaban J connectivity index is 2.11. The van der Waals surface area contributed by atoms with Crippen molar-refractivity contribution in [3.63, 3.8) is 0 Å². The van der Waals surface area contributed by atoms with Crippen LogP contribution < -0.4 is 10.1 Å². The van der Waals surface area contributed by atoms with Gasteiger partial charge in [0.2, 0.25) is 11.5 Å². The molecule has 88 valence electrons. The number of phenolic OH excluding ortho intramolecular Hbond substituents is 3. The van der Waals surface area contributed by atoms with Crippen molar-refractivity contribution in [1.82, 2.24) is 5.32 Å². The van der Waals surface area contributed by atoms with Gasteiger partial charge in [-0.2, -0.15) is 0 Å². The zero-order chi connectivity index (χ0) is 11.5. The highest BCUT2D eigenvalue weighted by atomic mass is 16.5. The van der Waals surface area contributed by atoms with E-state index in [0.29, 0.717) is 0 Å². The van der Waals surface area contributed by atoms with Crippen molar-refractivity contribution in [3.8, 4) is 23.0 Å². The number of piperidine rings is 1. The van der Waals surface area contributed by atoms with Gasteiger partial charge in [-0.3, -0.25) is 0 Å². The van der Waals surface area contributed by atoms with Gasteiger partial charge in [0.15, 0.2) is 11.5 Å². The van der Waals surface area contributed by atoms with Crippen LogP contribution in [0.4, 0.5) is 0 Å². The molecule has 5 nitrogen and oxygen atoms in total. The highest BCUT2D eigenvalue weighted by Gasteiger charge is 2.18. The van der Waals surface area contributed by atoms with Crippen molar-refractivity contribution in [3.05, 3.63) is 12.1 Å². The van der Waals surface area contributed by atoms with Crippen molar-refractivity contribution < 1.29 is 20.1 Å². The maximum absolute atomic E-state index is 9.55. The summed E-state index contributed by atoms with van der Waals surface area (Å²) in [5, 5.41) is 31.2. The van der Waals surface area contributed by atoms with Crippen LogP contribution in [0.25, 0.3) is 0 Å². The molecule has 1 atom stereocenters. The fraction of sp³-hybridized carbons (Fsp3) is 0.455. The maximum Gasteiger partial charge on any atom is 0.204 e. The predicted octanol–water partition coefficient (Wildman–Crippen LogP) is 0.934. The molecule has 1 aliphatic heterocycles. The van der Waals surface area contributed by atoms with Crippen LogP contribution in [0.3, 0.4) is 0 Å². The van der Waals surface area contributed by atoms with E-state index in [1.165, 1.54) is 12.1 Å². The van der Waals surface area contributed by atoms with Gasteiger partial charge in [0.25, 0.3) is 0 Å². The van der Waals surface area contributed by atoms with E-state index in [-0.39, 0.29) is 17.6 Å². The van der Waals surface area contributed by atoms with Gasteiger partial charge < -0.3 is 25.4 Å². The lowest BCUT2D eigenvalue weighted by Gasteiger charge is -2.24. The predicted molar refractivity (Wildman–Crippen MR) is 58.0 cm³/mol. The van der Waals surface area contributed by atoms with Crippen molar-refractivity contribution in [2.75, 3.05) is 13.1 Å². The van der Waals surface area contributed by atoms with Gasteiger partial charge in [-0.15, -0.1) is 0 Å². The Labute approximate surface area is 93.3 Å². The molecule has 1 saturated heterocycles. The summed E-state index contributed by atoms with van der Waals surface area (Å²) in [6.07, 6.45) is 1.92. The molecule has 0 aromatic heterocycles. The molecule has 1 heterocycles. The van der Waals surface area contributed by atoms with Gasteiger partial charge in [-0.1, -0.05) is 0 Å². The molecule has 0 amide bonds. The van der Waals surface area contributed by atoms with Gasteiger partial charge in [-0.05, 0) is 31.5 Å². The summed E-state index contributed by atoms with van der Waals surface area (Å²) < 4.78 is 5.54. The maximum atomic E-state index is 9.55. The van der Waals surface area contributed by atoms with E-state index in [2.05, 4.69) is 5.32 Å². The van der Waals surface area contributed by atoms with E-state index < -0.39 is 11.5 Å². The standard InChI is InChI=1S/C11H15NO4/c13-8-3-4-9(11(15)10(8)14)16-7-2-1-5-12-6-7/h3-4,7,12-15H,1-2,5-6H2. The second-order valence-corrected chi connectivity index (χ2v) is 3.87. The first-order chi connectivity index (χ1) is 7.68. The summed E-state index contributed by atoms with van der Waals surface area (Å²) in [5.41, 5.74) is 0. The Hall–Kier alpha value is -1.62. The molecule has 0 radical (unpaired) electrons. The lowest BCUT2D eigenvalue weighted by molar-refractivity contribution is 0.160. The van der Waals surface area contributed by atoms with E-state index in [9.17, 15) is 10.2 Å². The van der Waals surface area contributed by atoms with E-state index >= 15 is 0 Å². The molecule has 0 saturated carbocycles. The van der Waals surface area contributed by atoms with Gasteiger partial charge in [0.05, 0.1) is 0 Å². The van der Waals surface area contributed by atoms with Crippen LogP contribution in [0.1, 0.15) is 12.8 Å². The Kier molecular flexibility index (Phi) is 3.05. The molecular formula is C11H15NO4. The first kappa shape index (κ1) is 10.9. The first-order valence-corrected chi connectivity index (χ1v) is 5.29. The van der Waals surface area contributed by atoms with Crippen LogP contribution >= 0.6 is 0 Å². The minimum atomic E-state index is -0.540. The van der Waals surface area contributed by atoms with Crippen LogP contribution in [0.5, 0.6) is 23.0 Å². The zero-order valence-electron chi connectivity index (χ0n) is 8.81. The Bertz CT molecular complexity index is 374. The quantitative estimate of drug-likeness (QED) is 0.563. The summed E-state index contributed by atoms with van der Waals surface area (Å²) >= 11 is 0. The molecule has 1 unspecified atom stereocenters. The molecule has 2 rings (SSSR count). The average Bonchev–Trinajstić information content (AvgIpc) is 2.31. The second-order valence-electron chi connectivity index (χ2n) is 3.87. The first-order valence-electron chi connectivity index (χ1n) is 5.29. The average molecular weight is 225 g/mol. The number of ether oxygens (including phenoxy) is 1. The molecule has 5 heteroatoms. The van der Waals surface area contributed by atoms with Crippen molar-refractivity contribution >= 4 is 0 Å². The van der Waals surface area contributed by atoms with E-state index in [1.54, 1.807) is 0 Å². The molecular weight excluding hydrogens is 210 g/mol. The van der Waals surface area contributed by atoms with Crippen LogP contribution in [-0.2, 0) is 0 Å². The molecule has 4 N–H and O–H groups in total. The fourth-order valence-electron chi connectivity index (χ4n) is 1.75. The van der Waals surface area contributed by atoms with Gasteiger partial charge in [-0.25, -0.2) is 0 Å². The van der Waals surface area contributed by atoms with Gasteiger partial charge in [0, 0.05) is 6.54 Å². The smallest absolute Gasteiger partial charge is 0.204 e. The summed E-state index contributed by atoms with van der Waals surface area (Å²) in [6.45, 7) is 1.70. The monoisotopic (exact) mass is 225 g/mol. The van der Waals surface area contributed by atoms with Crippen LogP contribution in [0.15, 0.2) is 12.1 Å². The minimum absolute atomic E-state index is 0.0106. The van der Waals surface area contributed by atoms with Crippen LogP contribution in [-0.4, -0.2) is 34.5 Å². The van der Waals surface area contributed by atoms with Crippen molar-refractivity contribution in [2.45, 2.75) is 18.9 Å². The number of rotatable bonds is 2. The summed E-state index contributed by atoms with van der Waals surface area (Å²) in [6, 6.07) is 2.74. The van der Waals surface area contributed by atoms with E-state index in [1.807, 2.05) is 0 Å². The molecule has 1 aromatic carbocycles. The minimum Gasteiger partial charge on any atom is -0.504 e. The molecule has 0 spiro atoms. The largest absolute Gasteiger partial charge is 0.504 e. The lowest BCUT2D eigenvalue weighted by Crippen LogP contribution is -2.37. The molecule has 1 aromatic rings. The summed E-state index contributed by atoms with van der Waals surface area (Å²) in [5.74, 6) is -1.11.